The van der Waals surface area contributed by atoms with Gasteiger partial charge in [-0.15, -0.1) is 12.4 Å². The summed E-state index contributed by atoms with van der Waals surface area (Å²) in [6, 6.07) is 6.16. The van der Waals surface area contributed by atoms with Gasteiger partial charge in [0, 0.05) is 26.2 Å². The molecule has 2 saturated heterocycles. The molecule has 3 heterocycles. The summed E-state index contributed by atoms with van der Waals surface area (Å²) in [7, 11) is 0. The Hall–Kier alpha value is -1.92. The Kier molecular flexibility index (Phi) is 4.84. The van der Waals surface area contributed by atoms with Crippen LogP contribution in [0.4, 0.5) is 4.39 Å². The molecule has 134 valence electrons. The predicted octanol–water partition coefficient (Wildman–Crippen LogP) is 2.34. The molecule has 5 nitrogen and oxygen atoms in total. The van der Waals surface area contributed by atoms with Gasteiger partial charge >= 0.3 is 0 Å². The van der Waals surface area contributed by atoms with Crippen LogP contribution in [0.1, 0.15) is 21.7 Å². The summed E-state index contributed by atoms with van der Waals surface area (Å²) in [6.07, 6.45) is 0. The van der Waals surface area contributed by atoms with Gasteiger partial charge in [-0.3, -0.25) is 4.79 Å². The molecule has 0 aliphatic carbocycles. The van der Waals surface area contributed by atoms with E-state index in [2.05, 4.69) is 10.4 Å². The SMILES string of the molecule is Cc1nn(-c2ccc(F)cc2)c(C)c1C(=O)N1C[C@H]2CNC[C@H]2C1.Cl. The van der Waals surface area contributed by atoms with Crippen molar-refractivity contribution in [2.75, 3.05) is 26.2 Å². The molecule has 2 aliphatic rings. The van der Waals surface area contributed by atoms with Crippen molar-refractivity contribution in [3.05, 3.63) is 47.0 Å². The number of halogens is 2. The number of amides is 1. The molecular weight excluding hydrogens is 343 g/mol. The van der Waals surface area contributed by atoms with Crippen molar-refractivity contribution in [1.82, 2.24) is 20.0 Å². The third kappa shape index (κ3) is 3.04. The summed E-state index contributed by atoms with van der Waals surface area (Å²) in [4.78, 5) is 15.0. The average Bonchev–Trinajstić information content (AvgIpc) is 3.21. The van der Waals surface area contributed by atoms with Crippen LogP contribution in [0, 0.1) is 31.5 Å². The Morgan fingerprint density at radius 3 is 2.36 bits per heavy atom. The van der Waals surface area contributed by atoms with Gasteiger partial charge in [-0.05, 0) is 49.9 Å². The van der Waals surface area contributed by atoms with Crippen molar-refractivity contribution in [1.29, 1.82) is 0 Å². The van der Waals surface area contributed by atoms with E-state index in [0.717, 1.165) is 43.3 Å². The van der Waals surface area contributed by atoms with Gasteiger partial charge < -0.3 is 10.2 Å². The summed E-state index contributed by atoms with van der Waals surface area (Å²) in [5, 5.41) is 7.90. The molecule has 0 radical (unpaired) electrons. The number of fused-ring (bicyclic) bond motifs is 1. The summed E-state index contributed by atoms with van der Waals surface area (Å²) in [5.74, 6) is 0.921. The zero-order chi connectivity index (χ0) is 16.8. The molecule has 2 aromatic rings. The van der Waals surface area contributed by atoms with Gasteiger partial charge in [-0.1, -0.05) is 0 Å². The highest BCUT2D eigenvalue weighted by atomic mass is 35.5. The molecule has 0 unspecified atom stereocenters. The number of aromatic nitrogens is 2. The Labute approximate surface area is 152 Å². The van der Waals surface area contributed by atoms with Crippen LogP contribution in [0.3, 0.4) is 0 Å². The van der Waals surface area contributed by atoms with E-state index in [-0.39, 0.29) is 24.1 Å². The fourth-order valence-corrected chi connectivity index (χ4v) is 3.97. The molecule has 7 heteroatoms. The first-order chi connectivity index (χ1) is 11.5. The number of carbonyl (C=O) groups excluding carboxylic acids is 1. The van der Waals surface area contributed by atoms with Gasteiger partial charge in [0.25, 0.3) is 5.91 Å². The molecule has 1 amide bonds. The van der Waals surface area contributed by atoms with Crippen molar-refractivity contribution in [2.24, 2.45) is 11.8 Å². The Morgan fingerprint density at radius 1 is 1.16 bits per heavy atom. The fraction of sp³-hybridized carbons (Fsp3) is 0.444. The lowest BCUT2D eigenvalue weighted by Crippen LogP contribution is -2.32. The van der Waals surface area contributed by atoms with Gasteiger partial charge in [0.2, 0.25) is 0 Å². The molecule has 0 bridgehead atoms. The number of benzene rings is 1. The lowest BCUT2D eigenvalue weighted by molar-refractivity contribution is 0.0780. The highest BCUT2D eigenvalue weighted by Gasteiger charge is 2.39. The van der Waals surface area contributed by atoms with Crippen molar-refractivity contribution in [2.45, 2.75) is 13.8 Å². The Bertz CT molecular complexity index is 777. The lowest BCUT2D eigenvalue weighted by atomic mass is 10.0. The molecule has 25 heavy (non-hydrogen) atoms. The van der Waals surface area contributed by atoms with Crippen LogP contribution in [-0.2, 0) is 0 Å². The largest absolute Gasteiger partial charge is 0.338 e. The quantitative estimate of drug-likeness (QED) is 0.889. The number of aryl methyl sites for hydroxylation is 1. The molecular formula is C18H22ClFN4O. The van der Waals surface area contributed by atoms with Crippen LogP contribution < -0.4 is 5.32 Å². The zero-order valence-corrected chi connectivity index (χ0v) is 15.1. The monoisotopic (exact) mass is 364 g/mol. The molecule has 2 atom stereocenters. The van der Waals surface area contributed by atoms with Crippen LogP contribution in [-0.4, -0.2) is 46.8 Å². The second-order valence-electron chi connectivity index (χ2n) is 6.82. The number of nitrogens with zero attached hydrogens (tertiary/aromatic N) is 3. The van der Waals surface area contributed by atoms with Gasteiger partial charge in [-0.2, -0.15) is 5.10 Å². The van der Waals surface area contributed by atoms with Gasteiger partial charge in [0.1, 0.15) is 5.82 Å². The maximum absolute atomic E-state index is 13.1. The molecule has 1 aromatic carbocycles. The molecule has 4 rings (SSSR count). The first-order valence-corrected chi connectivity index (χ1v) is 8.36. The van der Waals surface area contributed by atoms with Crippen LogP contribution in [0.2, 0.25) is 0 Å². The van der Waals surface area contributed by atoms with E-state index >= 15 is 0 Å². The topological polar surface area (TPSA) is 50.2 Å². The van der Waals surface area contributed by atoms with E-state index < -0.39 is 0 Å². The fourth-order valence-electron chi connectivity index (χ4n) is 3.97. The van der Waals surface area contributed by atoms with E-state index in [1.54, 1.807) is 16.8 Å². The Morgan fingerprint density at radius 2 is 1.76 bits per heavy atom. The average molecular weight is 365 g/mol. The highest BCUT2D eigenvalue weighted by Crippen LogP contribution is 2.29. The van der Waals surface area contributed by atoms with E-state index in [1.807, 2.05) is 18.7 Å². The standard InChI is InChI=1S/C18H21FN4O.ClH/c1-11-17(18(24)22-9-13-7-20-8-14(13)10-22)12(2)23(21-11)16-5-3-15(19)4-6-16;/h3-6,13-14,20H,7-10H2,1-2H3;1H/t13-,14+;. The van der Waals surface area contributed by atoms with E-state index in [0.29, 0.717) is 17.4 Å². The van der Waals surface area contributed by atoms with Crippen LogP contribution >= 0.6 is 12.4 Å². The van der Waals surface area contributed by atoms with E-state index in [9.17, 15) is 9.18 Å². The van der Waals surface area contributed by atoms with Gasteiger partial charge in [0.05, 0.1) is 22.6 Å². The summed E-state index contributed by atoms with van der Waals surface area (Å²) in [5.41, 5.74) is 2.96. The summed E-state index contributed by atoms with van der Waals surface area (Å²) >= 11 is 0. The summed E-state index contributed by atoms with van der Waals surface area (Å²) in [6.45, 7) is 7.39. The van der Waals surface area contributed by atoms with Crippen LogP contribution in [0.15, 0.2) is 24.3 Å². The first-order valence-electron chi connectivity index (χ1n) is 8.36. The van der Waals surface area contributed by atoms with Crippen LogP contribution in [0.5, 0.6) is 0 Å². The minimum Gasteiger partial charge on any atom is -0.338 e. The molecule has 1 N–H and O–H groups in total. The smallest absolute Gasteiger partial charge is 0.257 e. The number of hydrogen-bond donors (Lipinski definition) is 1. The second kappa shape index (κ2) is 6.77. The Balaban J connectivity index is 0.00000182. The molecule has 1 aromatic heterocycles. The van der Waals surface area contributed by atoms with Crippen molar-refractivity contribution in [3.8, 4) is 5.69 Å². The minimum atomic E-state index is -0.284. The third-order valence-corrected chi connectivity index (χ3v) is 5.25. The lowest BCUT2D eigenvalue weighted by Gasteiger charge is -2.17. The predicted molar refractivity (Wildman–Crippen MR) is 96.0 cm³/mol. The summed E-state index contributed by atoms with van der Waals surface area (Å²) < 4.78 is 14.9. The van der Waals surface area contributed by atoms with Gasteiger partial charge in [-0.25, -0.2) is 9.07 Å². The van der Waals surface area contributed by atoms with E-state index in [1.165, 1.54) is 12.1 Å². The van der Waals surface area contributed by atoms with Crippen molar-refractivity contribution >= 4 is 18.3 Å². The third-order valence-electron chi connectivity index (χ3n) is 5.25. The second-order valence-corrected chi connectivity index (χ2v) is 6.82. The molecule has 2 fully saturated rings. The number of rotatable bonds is 2. The number of hydrogen-bond acceptors (Lipinski definition) is 3. The normalized spacial score (nSPS) is 22.0. The van der Waals surface area contributed by atoms with Crippen molar-refractivity contribution < 1.29 is 9.18 Å². The highest BCUT2D eigenvalue weighted by molar-refractivity contribution is 5.96. The molecule has 0 saturated carbocycles. The number of nitrogens with one attached hydrogen (secondary N) is 1. The molecule has 2 aliphatic heterocycles. The van der Waals surface area contributed by atoms with Crippen molar-refractivity contribution in [3.63, 3.8) is 0 Å². The van der Waals surface area contributed by atoms with E-state index in [4.69, 9.17) is 0 Å². The number of carbonyl (C=O) groups is 1. The first kappa shape index (κ1) is 17.9. The minimum absolute atomic E-state index is 0. The zero-order valence-electron chi connectivity index (χ0n) is 14.3. The van der Waals surface area contributed by atoms with Crippen LogP contribution in [0.25, 0.3) is 5.69 Å². The number of likely N-dealkylation sites (tertiary alicyclic amines) is 1. The van der Waals surface area contributed by atoms with Gasteiger partial charge in [0.15, 0.2) is 0 Å². The maximum atomic E-state index is 13.1. The maximum Gasteiger partial charge on any atom is 0.257 e. The molecule has 0 spiro atoms.